The summed E-state index contributed by atoms with van der Waals surface area (Å²) in [6.07, 6.45) is 10.4. The molecule has 0 atom stereocenters. The second kappa shape index (κ2) is 12.3. The third kappa shape index (κ3) is 7.61. The van der Waals surface area contributed by atoms with Gasteiger partial charge in [-0.15, -0.1) is 6.58 Å². The number of hydrogen-bond donors (Lipinski definition) is 3. The van der Waals surface area contributed by atoms with Crippen molar-refractivity contribution in [3.63, 3.8) is 0 Å². The fraction of sp³-hybridized carbons (Fsp3) is 0.318. The highest BCUT2D eigenvalue weighted by Crippen LogP contribution is 2.26. The van der Waals surface area contributed by atoms with Gasteiger partial charge in [-0.25, -0.2) is 4.98 Å². The minimum atomic E-state index is -0.315. The number of carbonyl (C=O) groups is 2. The number of allylic oxidation sites excluding steroid dienone is 5. The number of nitrogens with zero attached hydrogens (tertiary/aromatic N) is 1. The van der Waals surface area contributed by atoms with Crippen LogP contribution in [0.25, 0.3) is 6.08 Å². The molecule has 2 amide bonds. The van der Waals surface area contributed by atoms with E-state index in [1.165, 1.54) is 0 Å². The molecular weight excluding hydrogens is 352 g/mol. The van der Waals surface area contributed by atoms with Crippen molar-refractivity contribution in [1.82, 2.24) is 20.6 Å². The average molecular weight is 385 g/mol. The number of imidazole rings is 1. The van der Waals surface area contributed by atoms with Crippen molar-refractivity contribution in [3.8, 4) is 0 Å². The number of carbonyl (C=O) groups excluding carboxylic acids is 2. The second-order valence-electron chi connectivity index (χ2n) is 6.23. The molecule has 6 nitrogen and oxygen atoms in total. The van der Waals surface area contributed by atoms with E-state index in [0.717, 1.165) is 11.3 Å². The van der Waals surface area contributed by atoms with Gasteiger partial charge in [0.1, 0.15) is 5.70 Å². The van der Waals surface area contributed by atoms with Crippen LogP contribution in [-0.4, -0.2) is 28.3 Å². The molecule has 0 aliphatic carbocycles. The molecule has 0 saturated carbocycles. The zero-order chi connectivity index (χ0) is 21.7. The van der Waals surface area contributed by atoms with E-state index in [-0.39, 0.29) is 29.5 Å². The summed E-state index contributed by atoms with van der Waals surface area (Å²) in [5.41, 5.74) is 2.48. The van der Waals surface area contributed by atoms with E-state index < -0.39 is 0 Å². The van der Waals surface area contributed by atoms with Crippen LogP contribution < -0.4 is 10.6 Å². The third-order valence-corrected chi connectivity index (χ3v) is 3.74. The van der Waals surface area contributed by atoms with Crippen LogP contribution in [0.3, 0.4) is 0 Å². The number of aromatic nitrogens is 2. The number of hydrogen-bond acceptors (Lipinski definition) is 3. The fourth-order valence-electron chi connectivity index (χ4n) is 2.03. The van der Waals surface area contributed by atoms with Crippen molar-refractivity contribution in [2.75, 3.05) is 6.54 Å². The first-order valence-corrected chi connectivity index (χ1v) is 9.14. The van der Waals surface area contributed by atoms with Gasteiger partial charge in [0.2, 0.25) is 5.91 Å². The maximum atomic E-state index is 11.6. The summed E-state index contributed by atoms with van der Waals surface area (Å²) in [7, 11) is 0. The summed E-state index contributed by atoms with van der Waals surface area (Å²) >= 11 is 0. The van der Waals surface area contributed by atoms with Gasteiger partial charge >= 0.3 is 0 Å². The molecule has 3 N–H and O–H groups in total. The smallest absolute Gasteiger partial charge is 0.268 e. The Morgan fingerprint density at radius 3 is 2.36 bits per heavy atom. The summed E-state index contributed by atoms with van der Waals surface area (Å²) in [6.45, 7) is 20.8. The van der Waals surface area contributed by atoms with Crippen molar-refractivity contribution in [2.24, 2.45) is 0 Å². The fourth-order valence-corrected chi connectivity index (χ4v) is 2.03. The van der Waals surface area contributed by atoms with Crippen molar-refractivity contribution < 1.29 is 9.59 Å². The van der Waals surface area contributed by atoms with Crippen LogP contribution in [0, 0.1) is 0 Å². The van der Waals surface area contributed by atoms with Crippen LogP contribution in [0.15, 0.2) is 61.6 Å². The van der Waals surface area contributed by atoms with E-state index in [1.807, 2.05) is 40.7 Å². The Morgan fingerprint density at radius 2 is 1.86 bits per heavy atom. The van der Waals surface area contributed by atoms with E-state index in [0.29, 0.717) is 5.69 Å². The molecule has 0 aromatic carbocycles. The molecule has 1 fully saturated rings. The van der Waals surface area contributed by atoms with E-state index in [1.54, 1.807) is 30.6 Å². The molecule has 1 aliphatic heterocycles. The van der Waals surface area contributed by atoms with Gasteiger partial charge in [0.05, 0.1) is 24.3 Å². The maximum absolute atomic E-state index is 11.6. The van der Waals surface area contributed by atoms with Gasteiger partial charge in [-0.2, -0.15) is 0 Å². The molecule has 1 aromatic rings. The Kier molecular flexibility index (Phi) is 10.9. The summed E-state index contributed by atoms with van der Waals surface area (Å²) in [4.78, 5) is 30.1. The Bertz CT molecular complexity index is 767. The average Bonchev–Trinajstić information content (AvgIpc) is 3.16. The minimum absolute atomic E-state index is 0.00173. The normalized spacial score (nSPS) is 15.2. The zero-order valence-corrected chi connectivity index (χ0v) is 17.6. The summed E-state index contributed by atoms with van der Waals surface area (Å²) in [5, 5.41) is 5.02. The highest BCUT2D eigenvalue weighted by Gasteiger charge is 2.24. The molecule has 2 heterocycles. The first kappa shape index (κ1) is 24.8. The van der Waals surface area contributed by atoms with Crippen molar-refractivity contribution in [3.05, 3.63) is 73.0 Å². The Hall–Kier alpha value is -3.15. The van der Waals surface area contributed by atoms with Gasteiger partial charge in [-0.3, -0.25) is 9.59 Å². The van der Waals surface area contributed by atoms with Crippen molar-refractivity contribution in [2.45, 2.75) is 40.0 Å². The minimum Gasteiger partial charge on any atom is -0.347 e. The predicted molar refractivity (Wildman–Crippen MR) is 116 cm³/mol. The van der Waals surface area contributed by atoms with Crippen LogP contribution >= 0.6 is 0 Å². The summed E-state index contributed by atoms with van der Waals surface area (Å²) in [6, 6.07) is 0. The van der Waals surface area contributed by atoms with Gasteiger partial charge in [-0.05, 0) is 13.0 Å². The Labute approximate surface area is 168 Å². The molecule has 152 valence electrons. The SMILES string of the molecule is C=C/C=C(/C)C=C.C=CC(C)(C)c1[nH]cnc1/C=C1\NC(=O)CNC1=O.CC. The second-order valence-corrected chi connectivity index (χ2v) is 6.23. The third-order valence-electron chi connectivity index (χ3n) is 3.74. The van der Waals surface area contributed by atoms with Crippen LogP contribution in [0.5, 0.6) is 0 Å². The van der Waals surface area contributed by atoms with Crippen molar-refractivity contribution >= 4 is 17.9 Å². The molecule has 1 aliphatic rings. The molecule has 0 bridgehead atoms. The lowest BCUT2D eigenvalue weighted by atomic mass is 9.88. The predicted octanol–water partition coefficient (Wildman–Crippen LogP) is 3.79. The quantitative estimate of drug-likeness (QED) is 0.410. The number of H-pyrrole nitrogens is 1. The lowest BCUT2D eigenvalue weighted by Crippen LogP contribution is -2.47. The number of aromatic amines is 1. The number of nitrogens with one attached hydrogen (secondary N) is 3. The number of amides is 2. The highest BCUT2D eigenvalue weighted by atomic mass is 16.2. The topological polar surface area (TPSA) is 86.9 Å². The molecule has 1 saturated heterocycles. The first-order valence-electron chi connectivity index (χ1n) is 9.14. The Balaban J connectivity index is 0.000000688. The lowest BCUT2D eigenvalue weighted by Gasteiger charge is -2.20. The Morgan fingerprint density at radius 1 is 1.21 bits per heavy atom. The largest absolute Gasteiger partial charge is 0.347 e. The maximum Gasteiger partial charge on any atom is 0.268 e. The van der Waals surface area contributed by atoms with Crippen molar-refractivity contribution in [1.29, 1.82) is 0 Å². The van der Waals surface area contributed by atoms with Crippen LogP contribution in [0.4, 0.5) is 0 Å². The molecule has 0 radical (unpaired) electrons. The van der Waals surface area contributed by atoms with E-state index in [9.17, 15) is 9.59 Å². The highest BCUT2D eigenvalue weighted by molar-refractivity contribution is 6.05. The molecular formula is C22H32N4O2. The summed E-state index contributed by atoms with van der Waals surface area (Å²) < 4.78 is 0. The van der Waals surface area contributed by atoms with Gasteiger partial charge in [0.15, 0.2) is 0 Å². The van der Waals surface area contributed by atoms with E-state index in [2.05, 4.69) is 40.3 Å². The molecule has 2 rings (SSSR count). The van der Waals surface area contributed by atoms with Gasteiger partial charge in [0, 0.05) is 5.41 Å². The summed E-state index contributed by atoms with van der Waals surface area (Å²) in [5.74, 6) is -0.559. The molecule has 0 spiro atoms. The standard InChI is InChI=1S/C13H16N4O2.C7H10.C2H6/c1-4-13(2,3)11-8(15-7-16-11)5-9-12(19)14-6-10(18)17-9;1-4-6-7(3)5-2;1-2/h4-5,7H,1,6H2,2-3H3,(H,14,19)(H,15,16)(H,17,18);4-6H,1-2H2,3H3;1-2H3/b9-5-;7-6-;. The van der Waals surface area contributed by atoms with Crippen LogP contribution in [0.1, 0.15) is 46.0 Å². The molecule has 6 heteroatoms. The van der Waals surface area contributed by atoms with Crippen LogP contribution in [0.2, 0.25) is 0 Å². The van der Waals surface area contributed by atoms with Crippen LogP contribution in [-0.2, 0) is 15.0 Å². The van der Waals surface area contributed by atoms with Gasteiger partial charge < -0.3 is 15.6 Å². The molecule has 1 aromatic heterocycles. The number of rotatable bonds is 5. The first-order chi connectivity index (χ1) is 13.2. The number of piperazine rings is 1. The van der Waals surface area contributed by atoms with Gasteiger partial charge in [-0.1, -0.05) is 70.7 Å². The monoisotopic (exact) mass is 384 g/mol. The van der Waals surface area contributed by atoms with Gasteiger partial charge in [0.25, 0.3) is 5.91 Å². The van der Waals surface area contributed by atoms with E-state index in [4.69, 9.17) is 0 Å². The zero-order valence-electron chi connectivity index (χ0n) is 17.6. The lowest BCUT2D eigenvalue weighted by molar-refractivity contribution is -0.127. The molecule has 0 unspecified atom stereocenters. The molecule has 28 heavy (non-hydrogen) atoms. The van der Waals surface area contributed by atoms with E-state index >= 15 is 0 Å².